The predicted octanol–water partition coefficient (Wildman–Crippen LogP) is 0.538. The minimum atomic E-state index is -0.0370. The summed E-state index contributed by atoms with van der Waals surface area (Å²) in [5.41, 5.74) is 0.518. The molecule has 5 heteroatoms. The lowest BCUT2D eigenvalue weighted by Gasteiger charge is -2.31. The van der Waals surface area contributed by atoms with Crippen molar-refractivity contribution in [2.75, 3.05) is 13.1 Å². The van der Waals surface area contributed by atoms with Crippen LogP contribution in [0.25, 0.3) is 0 Å². The van der Waals surface area contributed by atoms with Crippen LogP contribution >= 0.6 is 0 Å². The largest absolute Gasteiger partial charge is 0.348 e. The summed E-state index contributed by atoms with van der Waals surface area (Å²) in [6, 6.07) is 0.320. The Morgan fingerprint density at radius 3 is 3.06 bits per heavy atom. The number of carbonyl (C=O) groups is 1. The van der Waals surface area contributed by atoms with Gasteiger partial charge >= 0.3 is 0 Å². The number of imidazole rings is 1. The summed E-state index contributed by atoms with van der Waals surface area (Å²) in [7, 11) is 1.87. The molecule has 3 atom stereocenters. The first-order valence-corrected chi connectivity index (χ1v) is 6.72. The molecule has 1 saturated heterocycles. The number of hydrogen-bond donors (Lipinski definition) is 2. The smallest absolute Gasteiger partial charge is 0.271 e. The lowest BCUT2D eigenvalue weighted by molar-refractivity contribution is 0.0909. The van der Waals surface area contributed by atoms with Gasteiger partial charge in [0.1, 0.15) is 5.69 Å². The highest BCUT2D eigenvalue weighted by Gasteiger charge is 2.34. The van der Waals surface area contributed by atoms with Gasteiger partial charge in [0.05, 0.1) is 6.33 Å². The molecule has 1 aromatic rings. The Kier molecular flexibility index (Phi) is 3.07. The van der Waals surface area contributed by atoms with Crippen molar-refractivity contribution in [1.29, 1.82) is 0 Å². The number of nitrogens with zero attached hydrogens (tertiary/aromatic N) is 2. The van der Waals surface area contributed by atoms with Crippen LogP contribution in [0.3, 0.4) is 0 Å². The maximum Gasteiger partial charge on any atom is 0.271 e. The molecule has 1 saturated carbocycles. The molecule has 3 rings (SSSR count). The van der Waals surface area contributed by atoms with Crippen molar-refractivity contribution >= 4 is 5.91 Å². The van der Waals surface area contributed by atoms with E-state index in [1.807, 2.05) is 7.05 Å². The molecule has 0 aromatic carbocycles. The fourth-order valence-electron chi connectivity index (χ4n) is 3.22. The van der Waals surface area contributed by atoms with Gasteiger partial charge in [-0.3, -0.25) is 4.79 Å². The molecule has 1 aliphatic heterocycles. The highest BCUT2D eigenvalue weighted by atomic mass is 16.2. The average molecular weight is 248 g/mol. The highest BCUT2D eigenvalue weighted by Crippen LogP contribution is 2.32. The SMILES string of the molecule is Cn1cnc(C(=O)NC2CC[C@H]3CNC[C@H]3C2)c1. The Bertz CT molecular complexity index is 442. The maximum atomic E-state index is 12.0. The highest BCUT2D eigenvalue weighted by molar-refractivity contribution is 5.92. The number of rotatable bonds is 2. The van der Waals surface area contributed by atoms with E-state index in [4.69, 9.17) is 0 Å². The fourth-order valence-corrected chi connectivity index (χ4v) is 3.22. The van der Waals surface area contributed by atoms with Crippen LogP contribution in [0.15, 0.2) is 12.5 Å². The second kappa shape index (κ2) is 4.72. The van der Waals surface area contributed by atoms with Crippen LogP contribution in [0.1, 0.15) is 29.8 Å². The van der Waals surface area contributed by atoms with Crippen molar-refractivity contribution in [3.8, 4) is 0 Å². The first-order chi connectivity index (χ1) is 8.72. The summed E-state index contributed by atoms with van der Waals surface area (Å²) in [5, 5.41) is 6.56. The number of carbonyl (C=O) groups excluding carboxylic acids is 1. The van der Waals surface area contributed by atoms with Gasteiger partial charge in [0, 0.05) is 19.3 Å². The summed E-state index contributed by atoms with van der Waals surface area (Å²) >= 11 is 0. The summed E-state index contributed by atoms with van der Waals surface area (Å²) in [6.07, 6.45) is 6.85. The Morgan fingerprint density at radius 2 is 2.28 bits per heavy atom. The zero-order valence-electron chi connectivity index (χ0n) is 10.7. The lowest BCUT2D eigenvalue weighted by Crippen LogP contribution is -2.40. The van der Waals surface area contributed by atoms with Crippen molar-refractivity contribution in [3.05, 3.63) is 18.2 Å². The van der Waals surface area contributed by atoms with E-state index < -0.39 is 0 Å². The number of hydrogen-bond acceptors (Lipinski definition) is 3. The van der Waals surface area contributed by atoms with Gasteiger partial charge in [-0.05, 0) is 44.2 Å². The third kappa shape index (κ3) is 2.27. The molecule has 2 fully saturated rings. The molecular formula is C13H20N4O. The third-order valence-corrected chi connectivity index (χ3v) is 4.23. The third-order valence-electron chi connectivity index (χ3n) is 4.23. The van der Waals surface area contributed by atoms with E-state index in [1.54, 1.807) is 17.1 Å². The fraction of sp³-hybridized carbons (Fsp3) is 0.692. The van der Waals surface area contributed by atoms with E-state index in [1.165, 1.54) is 6.42 Å². The molecule has 0 radical (unpaired) electrons. The van der Waals surface area contributed by atoms with Gasteiger partial charge in [0.25, 0.3) is 5.91 Å². The van der Waals surface area contributed by atoms with E-state index in [0.29, 0.717) is 11.7 Å². The zero-order valence-corrected chi connectivity index (χ0v) is 10.7. The second-order valence-electron chi connectivity index (χ2n) is 5.59. The summed E-state index contributed by atoms with van der Waals surface area (Å²) < 4.78 is 1.80. The second-order valence-corrected chi connectivity index (χ2v) is 5.59. The normalized spacial score (nSPS) is 31.1. The number of aryl methyl sites for hydroxylation is 1. The van der Waals surface area contributed by atoms with Crippen LogP contribution in [-0.2, 0) is 7.05 Å². The Morgan fingerprint density at radius 1 is 1.44 bits per heavy atom. The molecule has 1 unspecified atom stereocenters. The number of nitrogens with one attached hydrogen (secondary N) is 2. The molecule has 98 valence electrons. The maximum absolute atomic E-state index is 12.0. The van der Waals surface area contributed by atoms with Crippen LogP contribution in [0.5, 0.6) is 0 Å². The van der Waals surface area contributed by atoms with Gasteiger partial charge < -0.3 is 15.2 Å². The predicted molar refractivity (Wildman–Crippen MR) is 68.2 cm³/mol. The van der Waals surface area contributed by atoms with Gasteiger partial charge in [0.15, 0.2) is 0 Å². The first kappa shape index (κ1) is 11.7. The lowest BCUT2D eigenvalue weighted by atomic mass is 9.79. The molecule has 2 aliphatic rings. The summed E-state index contributed by atoms with van der Waals surface area (Å²) in [6.45, 7) is 2.27. The quantitative estimate of drug-likeness (QED) is 0.803. The van der Waals surface area contributed by atoms with Crippen LogP contribution in [0.2, 0.25) is 0 Å². The van der Waals surface area contributed by atoms with Crippen LogP contribution in [0.4, 0.5) is 0 Å². The summed E-state index contributed by atoms with van der Waals surface area (Å²) in [4.78, 5) is 16.1. The monoisotopic (exact) mass is 248 g/mol. The van der Waals surface area contributed by atoms with E-state index in [0.717, 1.165) is 37.8 Å². The van der Waals surface area contributed by atoms with Crippen LogP contribution in [-0.4, -0.2) is 34.6 Å². The Balaban J connectivity index is 1.58. The van der Waals surface area contributed by atoms with Crippen molar-refractivity contribution in [2.45, 2.75) is 25.3 Å². The zero-order chi connectivity index (χ0) is 12.5. The molecule has 0 spiro atoms. The van der Waals surface area contributed by atoms with Crippen molar-refractivity contribution in [1.82, 2.24) is 20.2 Å². The van der Waals surface area contributed by atoms with Gasteiger partial charge in [-0.15, -0.1) is 0 Å². The molecule has 0 bridgehead atoms. The van der Waals surface area contributed by atoms with E-state index in [-0.39, 0.29) is 5.91 Å². The van der Waals surface area contributed by atoms with Crippen LogP contribution < -0.4 is 10.6 Å². The van der Waals surface area contributed by atoms with E-state index in [9.17, 15) is 4.79 Å². The molecular weight excluding hydrogens is 228 g/mol. The standard InChI is InChI=1S/C13H20N4O/c1-17-7-12(15-8-17)13(18)16-11-3-2-9-5-14-6-10(9)4-11/h7-11,14H,2-6H2,1H3,(H,16,18)/t9-,10+,11?/m0/s1. The first-order valence-electron chi connectivity index (χ1n) is 6.72. The number of aromatic nitrogens is 2. The molecule has 5 nitrogen and oxygen atoms in total. The molecule has 18 heavy (non-hydrogen) atoms. The average Bonchev–Trinajstić information content (AvgIpc) is 2.96. The van der Waals surface area contributed by atoms with Crippen LogP contribution in [0, 0.1) is 11.8 Å². The Hall–Kier alpha value is -1.36. The molecule has 1 aromatic heterocycles. The molecule has 2 N–H and O–H groups in total. The molecule has 1 aliphatic carbocycles. The van der Waals surface area contributed by atoms with E-state index >= 15 is 0 Å². The topological polar surface area (TPSA) is 59.0 Å². The summed E-state index contributed by atoms with van der Waals surface area (Å²) in [5.74, 6) is 1.53. The van der Waals surface area contributed by atoms with Gasteiger partial charge in [-0.2, -0.15) is 0 Å². The number of fused-ring (bicyclic) bond motifs is 1. The minimum Gasteiger partial charge on any atom is -0.348 e. The number of amides is 1. The Labute approximate surface area is 107 Å². The molecule has 1 amide bonds. The van der Waals surface area contributed by atoms with Crippen molar-refractivity contribution in [3.63, 3.8) is 0 Å². The van der Waals surface area contributed by atoms with Gasteiger partial charge in [-0.25, -0.2) is 4.98 Å². The minimum absolute atomic E-state index is 0.0370. The van der Waals surface area contributed by atoms with E-state index in [2.05, 4.69) is 15.6 Å². The van der Waals surface area contributed by atoms with Crippen molar-refractivity contribution in [2.24, 2.45) is 18.9 Å². The van der Waals surface area contributed by atoms with Gasteiger partial charge in [0.2, 0.25) is 0 Å². The van der Waals surface area contributed by atoms with Gasteiger partial charge in [-0.1, -0.05) is 0 Å². The molecule has 2 heterocycles. The van der Waals surface area contributed by atoms with Crippen molar-refractivity contribution < 1.29 is 4.79 Å².